The van der Waals surface area contributed by atoms with Crippen LogP contribution in [0.4, 0.5) is 0 Å². The summed E-state index contributed by atoms with van der Waals surface area (Å²) in [6.45, 7) is 2.10. The lowest BCUT2D eigenvalue weighted by Gasteiger charge is -2.20. The van der Waals surface area contributed by atoms with Crippen LogP contribution in [0.3, 0.4) is 0 Å². The molecule has 78 valence electrons. The zero-order valence-corrected chi connectivity index (χ0v) is 9.13. The van der Waals surface area contributed by atoms with E-state index < -0.39 is 0 Å². The van der Waals surface area contributed by atoms with Gasteiger partial charge in [-0.25, -0.2) is 4.98 Å². The van der Waals surface area contributed by atoms with E-state index in [0.29, 0.717) is 0 Å². The lowest BCUT2D eigenvalue weighted by molar-refractivity contribution is 0.144. The van der Waals surface area contributed by atoms with Crippen molar-refractivity contribution in [2.24, 2.45) is 0 Å². The van der Waals surface area contributed by atoms with Crippen LogP contribution in [0.1, 0.15) is 37.9 Å². The van der Waals surface area contributed by atoms with Crippen LogP contribution in [0.5, 0.6) is 0 Å². The van der Waals surface area contributed by atoms with Gasteiger partial charge >= 0.3 is 0 Å². The maximum absolute atomic E-state index is 9.66. The standard InChI is InChI=1S/C10H16N2OS/c1-7(9-5-14-6-11-9)12-8-3-2-4-10(8)13/h5-8,10,12-13H,2-4H2,1H3. The Balaban J connectivity index is 1.91. The average molecular weight is 212 g/mol. The fourth-order valence-electron chi connectivity index (χ4n) is 1.98. The monoisotopic (exact) mass is 212 g/mol. The molecule has 3 nitrogen and oxygen atoms in total. The second-order valence-corrected chi connectivity index (χ2v) is 4.63. The first-order chi connectivity index (χ1) is 6.77. The van der Waals surface area contributed by atoms with E-state index in [1.807, 2.05) is 5.51 Å². The van der Waals surface area contributed by atoms with Gasteiger partial charge in [0.2, 0.25) is 0 Å². The van der Waals surface area contributed by atoms with E-state index in [1.54, 1.807) is 11.3 Å². The summed E-state index contributed by atoms with van der Waals surface area (Å²) in [6.07, 6.45) is 2.97. The number of hydrogen-bond acceptors (Lipinski definition) is 4. The number of aliphatic hydroxyl groups is 1. The normalized spacial score (nSPS) is 29.3. The van der Waals surface area contributed by atoms with E-state index in [4.69, 9.17) is 0 Å². The lowest BCUT2D eigenvalue weighted by Crippen LogP contribution is -2.37. The van der Waals surface area contributed by atoms with Crippen LogP contribution in [0, 0.1) is 0 Å². The van der Waals surface area contributed by atoms with Crippen molar-refractivity contribution in [3.8, 4) is 0 Å². The number of thiazole rings is 1. The minimum Gasteiger partial charge on any atom is -0.392 e. The van der Waals surface area contributed by atoms with Crippen molar-refractivity contribution >= 4 is 11.3 Å². The third kappa shape index (κ3) is 2.13. The molecule has 1 fully saturated rings. The highest BCUT2D eigenvalue weighted by Gasteiger charge is 2.26. The fraction of sp³-hybridized carbons (Fsp3) is 0.700. The van der Waals surface area contributed by atoms with Crippen molar-refractivity contribution in [3.05, 3.63) is 16.6 Å². The molecular formula is C10H16N2OS. The summed E-state index contributed by atoms with van der Waals surface area (Å²) in [5.74, 6) is 0. The highest BCUT2D eigenvalue weighted by atomic mass is 32.1. The first-order valence-electron chi connectivity index (χ1n) is 5.09. The molecule has 4 heteroatoms. The van der Waals surface area contributed by atoms with E-state index in [2.05, 4.69) is 22.6 Å². The number of nitrogens with zero attached hydrogens (tertiary/aromatic N) is 1. The Morgan fingerprint density at radius 2 is 2.50 bits per heavy atom. The van der Waals surface area contributed by atoms with E-state index in [9.17, 15) is 5.11 Å². The van der Waals surface area contributed by atoms with Gasteiger partial charge in [-0.15, -0.1) is 11.3 Å². The van der Waals surface area contributed by atoms with Crippen LogP contribution in [0.2, 0.25) is 0 Å². The zero-order valence-electron chi connectivity index (χ0n) is 8.31. The highest BCUT2D eigenvalue weighted by molar-refractivity contribution is 7.07. The lowest BCUT2D eigenvalue weighted by atomic mass is 10.1. The predicted molar refractivity (Wildman–Crippen MR) is 57.3 cm³/mol. The molecule has 1 aliphatic carbocycles. The Labute approximate surface area is 88.2 Å². The molecular weight excluding hydrogens is 196 g/mol. The van der Waals surface area contributed by atoms with E-state index in [1.165, 1.54) is 0 Å². The second kappa shape index (κ2) is 4.38. The largest absolute Gasteiger partial charge is 0.392 e. The first-order valence-corrected chi connectivity index (χ1v) is 6.04. The molecule has 1 aromatic rings. The maximum atomic E-state index is 9.66. The van der Waals surface area contributed by atoms with Gasteiger partial charge < -0.3 is 10.4 Å². The molecule has 2 rings (SSSR count). The molecule has 0 amide bonds. The van der Waals surface area contributed by atoms with Gasteiger partial charge in [-0.3, -0.25) is 0 Å². The van der Waals surface area contributed by atoms with Crippen molar-refractivity contribution in [2.75, 3.05) is 0 Å². The summed E-state index contributed by atoms with van der Waals surface area (Å²) < 4.78 is 0. The molecule has 0 bridgehead atoms. The summed E-state index contributed by atoms with van der Waals surface area (Å²) in [4.78, 5) is 4.26. The van der Waals surface area contributed by atoms with Crippen LogP contribution in [0.15, 0.2) is 10.9 Å². The Hall–Kier alpha value is -0.450. The molecule has 0 saturated heterocycles. The second-order valence-electron chi connectivity index (χ2n) is 3.91. The highest BCUT2D eigenvalue weighted by Crippen LogP contribution is 2.22. The number of nitrogens with one attached hydrogen (secondary N) is 1. The molecule has 1 aliphatic rings. The average Bonchev–Trinajstić information content (AvgIpc) is 2.77. The van der Waals surface area contributed by atoms with Gasteiger partial charge in [-0.05, 0) is 26.2 Å². The summed E-state index contributed by atoms with van der Waals surface area (Å²) in [6, 6.07) is 0.505. The number of hydrogen-bond donors (Lipinski definition) is 2. The third-order valence-electron chi connectivity index (χ3n) is 2.84. The fourth-order valence-corrected chi connectivity index (χ4v) is 2.62. The van der Waals surface area contributed by atoms with Crippen molar-refractivity contribution in [2.45, 2.75) is 44.4 Å². The zero-order chi connectivity index (χ0) is 9.97. The maximum Gasteiger partial charge on any atom is 0.0795 e. The van der Waals surface area contributed by atoms with Crippen molar-refractivity contribution in [1.82, 2.24) is 10.3 Å². The summed E-state index contributed by atoms with van der Waals surface area (Å²) >= 11 is 1.61. The molecule has 0 aromatic carbocycles. The molecule has 1 aromatic heterocycles. The summed E-state index contributed by atoms with van der Waals surface area (Å²) in [5.41, 5.74) is 2.92. The smallest absolute Gasteiger partial charge is 0.0795 e. The minimum absolute atomic E-state index is 0.170. The molecule has 3 unspecified atom stereocenters. The SMILES string of the molecule is CC(NC1CCCC1O)c1cscn1. The van der Waals surface area contributed by atoms with Gasteiger partial charge in [0.05, 0.1) is 17.3 Å². The predicted octanol–water partition coefficient (Wildman–Crippen LogP) is 1.71. The quantitative estimate of drug-likeness (QED) is 0.801. The van der Waals surface area contributed by atoms with Gasteiger partial charge in [0.15, 0.2) is 0 Å². The van der Waals surface area contributed by atoms with Gasteiger partial charge in [0.25, 0.3) is 0 Å². The van der Waals surface area contributed by atoms with Crippen molar-refractivity contribution in [1.29, 1.82) is 0 Å². The Bertz CT molecular complexity index is 276. The summed E-state index contributed by atoms with van der Waals surface area (Å²) in [5, 5.41) is 15.1. The van der Waals surface area contributed by atoms with Crippen molar-refractivity contribution in [3.63, 3.8) is 0 Å². The number of aliphatic hydroxyl groups excluding tert-OH is 1. The Morgan fingerprint density at radius 3 is 3.07 bits per heavy atom. The number of aromatic nitrogens is 1. The van der Waals surface area contributed by atoms with Gasteiger partial charge in [-0.1, -0.05) is 0 Å². The van der Waals surface area contributed by atoms with E-state index in [0.717, 1.165) is 25.0 Å². The molecule has 0 aliphatic heterocycles. The molecule has 1 saturated carbocycles. The molecule has 1 heterocycles. The molecule has 0 radical (unpaired) electrons. The van der Waals surface area contributed by atoms with Crippen LogP contribution in [-0.4, -0.2) is 22.2 Å². The van der Waals surface area contributed by atoms with Crippen molar-refractivity contribution < 1.29 is 5.11 Å². The Morgan fingerprint density at radius 1 is 1.64 bits per heavy atom. The molecule has 3 atom stereocenters. The van der Waals surface area contributed by atoms with Crippen LogP contribution >= 0.6 is 11.3 Å². The van der Waals surface area contributed by atoms with Crippen LogP contribution in [-0.2, 0) is 0 Å². The van der Waals surface area contributed by atoms with E-state index >= 15 is 0 Å². The Kier molecular flexibility index (Phi) is 3.15. The molecule has 14 heavy (non-hydrogen) atoms. The summed E-state index contributed by atoms with van der Waals surface area (Å²) in [7, 11) is 0. The van der Waals surface area contributed by atoms with Crippen LogP contribution in [0.25, 0.3) is 0 Å². The topological polar surface area (TPSA) is 45.1 Å². The van der Waals surface area contributed by atoms with E-state index in [-0.39, 0.29) is 18.2 Å². The third-order valence-corrected chi connectivity index (χ3v) is 3.44. The molecule has 2 N–H and O–H groups in total. The van der Waals surface area contributed by atoms with Gasteiger partial charge in [0.1, 0.15) is 0 Å². The first kappa shape index (κ1) is 10.1. The van der Waals surface area contributed by atoms with Gasteiger partial charge in [0, 0.05) is 17.5 Å². The number of rotatable bonds is 3. The molecule has 0 spiro atoms. The minimum atomic E-state index is -0.170. The van der Waals surface area contributed by atoms with Crippen LogP contribution < -0.4 is 5.32 Å². The van der Waals surface area contributed by atoms with Gasteiger partial charge in [-0.2, -0.15) is 0 Å².